The average Bonchev–Trinajstić information content (AvgIpc) is 3.51. The molecule has 1 aliphatic heterocycles. The summed E-state index contributed by atoms with van der Waals surface area (Å²) in [7, 11) is 0. The van der Waals surface area contributed by atoms with Crippen LogP contribution < -0.4 is 10.6 Å². The quantitative estimate of drug-likeness (QED) is 0.328. The van der Waals surface area contributed by atoms with Crippen molar-refractivity contribution in [3.8, 4) is 5.69 Å². The van der Waals surface area contributed by atoms with Gasteiger partial charge in [-0.25, -0.2) is 14.7 Å². The summed E-state index contributed by atoms with van der Waals surface area (Å²) in [5, 5.41) is 11.0. The number of halogens is 1. The van der Waals surface area contributed by atoms with Gasteiger partial charge in [0.2, 0.25) is 5.91 Å². The van der Waals surface area contributed by atoms with Crippen LogP contribution in [-0.4, -0.2) is 57.2 Å². The first-order valence-corrected chi connectivity index (χ1v) is 11.5. The summed E-state index contributed by atoms with van der Waals surface area (Å²) in [6, 6.07) is 8.41. The van der Waals surface area contributed by atoms with Crippen molar-refractivity contribution in [1.29, 1.82) is 0 Å². The third-order valence-electron chi connectivity index (χ3n) is 6.18. The minimum Gasteiger partial charge on any atom is -0.357 e. The summed E-state index contributed by atoms with van der Waals surface area (Å²) in [4.78, 5) is 23.6. The molecule has 9 heteroatoms. The lowest BCUT2D eigenvalue weighted by molar-refractivity contribution is -0.135. The van der Waals surface area contributed by atoms with Crippen LogP contribution in [0.15, 0.2) is 41.9 Å². The standard InChI is InChI=1S/C23H33N7O.HI/c1-2-25-23(26-14-18-8-10-21(11-9-18)30-17-24-16-27-30)28-20-12-13-29(15-20)22(31)19-6-4-3-5-7-19;/h8-11,16-17,19-20H,2-7,12-15H2,1H3,(H2,25,26,28);1H. The first-order chi connectivity index (χ1) is 15.2. The number of aliphatic imine (C=N–C) groups is 1. The van der Waals surface area contributed by atoms with Crippen LogP contribution in [0.25, 0.3) is 5.69 Å². The molecule has 1 aliphatic carbocycles. The highest BCUT2D eigenvalue weighted by Crippen LogP contribution is 2.26. The van der Waals surface area contributed by atoms with Crippen molar-refractivity contribution in [2.24, 2.45) is 10.9 Å². The van der Waals surface area contributed by atoms with Gasteiger partial charge < -0.3 is 15.5 Å². The maximum absolute atomic E-state index is 12.8. The van der Waals surface area contributed by atoms with Gasteiger partial charge in [0.05, 0.1) is 12.2 Å². The molecule has 0 radical (unpaired) electrons. The summed E-state index contributed by atoms with van der Waals surface area (Å²) >= 11 is 0. The van der Waals surface area contributed by atoms with Gasteiger partial charge in [-0.2, -0.15) is 5.10 Å². The van der Waals surface area contributed by atoms with Gasteiger partial charge in [0.1, 0.15) is 12.7 Å². The number of guanidine groups is 1. The average molecular weight is 551 g/mol. The maximum atomic E-state index is 12.8. The SMILES string of the molecule is CCNC(=NCc1ccc(-n2cncn2)cc1)NC1CCN(C(=O)C2CCCCC2)C1.I. The summed E-state index contributed by atoms with van der Waals surface area (Å²) in [6.07, 6.45) is 9.98. The predicted octanol–water partition coefficient (Wildman–Crippen LogP) is 3.12. The second-order valence-electron chi connectivity index (χ2n) is 8.45. The summed E-state index contributed by atoms with van der Waals surface area (Å²) in [5.74, 6) is 1.41. The molecule has 1 aromatic carbocycles. The van der Waals surface area contributed by atoms with Crippen LogP contribution in [0.5, 0.6) is 0 Å². The van der Waals surface area contributed by atoms with Crippen molar-refractivity contribution in [3.05, 3.63) is 42.5 Å². The van der Waals surface area contributed by atoms with Crippen LogP contribution in [-0.2, 0) is 11.3 Å². The molecule has 4 rings (SSSR count). The molecule has 1 saturated heterocycles. The van der Waals surface area contributed by atoms with Crippen molar-refractivity contribution in [3.63, 3.8) is 0 Å². The fourth-order valence-electron chi connectivity index (χ4n) is 4.47. The molecule has 174 valence electrons. The molecule has 8 nitrogen and oxygen atoms in total. The summed E-state index contributed by atoms with van der Waals surface area (Å²) in [5.41, 5.74) is 2.10. The molecule has 1 saturated carbocycles. The fourth-order valence-corrected chi connectivity index (χ4v) is 4.47. The lowest BCUT2D eigenvalue weighted by Crippen LogP contribution is -2.45. The van der Waals surface area contributed by atoms with Gasteiger partial charge in [0, 0.05) is 31.6 Å². The molecule has 1 unspecified atom stereocenters. The number of aromatic nitrogens is 3. The molecule has 2 aliphatic rings. The topological polar surface area (TPSA) is 87.4 Å². The van der Waals surface area contributed by atoms with Crippen molar-refractivity contribution < 1.29 is 4.79 Å². The van der Waals surface area contributed by atoms with Crippen LogP contribution in [0.3, 0.4) is 0 Å². The van der Waals surface area contributed by atoms with Crippen molar-refractivity contribution in [1.82, 2.24) is 30.3 Å². The van der Waals surface area contributed by atoms with Gasteiger partial charge in [0.25, 0.3) is 0 Å². The molecule has 32 heavy (non-hydrogen) atoms. The first kappa shape index (κ1) is 24.5. The zero-order valence-electron chi connectivity index (χ0n) is 18.7. The Morgan fingerprint density at radius 3 is 2.62 bits per heavy atom. The molecule has 2 heterocycles. The normalized spacial score (nSPS) is 19.5. The summed E-state index contributed by atoms with van der Waals surface area (Å²) in [6.45, 7) is 5.07. The van der Waals surface area contributed by atoms with E-state index >= 15 is 0 Å². The minimum atomic E-state index is 0. The largest absolute Gasteiger partial charge is 0.357 e. The molecule has 2 aromatic rings. The number of nitrogens with one attached hydrogen (secondary N) is 2. The molecule has 1 atom stereocenters. The van der Waals surface area contributed by atoms with E-state index in [0.29, 0.717) is 12.5 Å². The number of hydrogen-bond acceptors (Lipinski definition) is 4. The third-order valence-corrected chi connectivity index (χ3v) is 6.18. The van der Waals surface area contributed by atoms with E-state index in [1.54, 1.807) is 11.0 Å². The van der Waals surface area contributed by atoms with Gasteiger partial charge in [-0.05, 0) is 43.9 Å². The number of nitrogens with zero attached hydrogens (tertiary/aromatic N) is 5. The highest BCUT2D eigenvalue weighted by Gasteiger charge is 2.31. The van der Waals surface area contributed by atoms with Gasteiger partial charge in [-0.3, -0.25) is 4.79 Å². The van der Waals surface area contributed by atoms with Gasteiger partial charge in [0.15, 0.2) is 5.96 Å². The predicted molar refractivity (Wildman–Crippen MR) is 136 cm³/mol. The minimum absolute atomic E-state index is 0. The van der Waals surface area contributed by atoms with Gasteiger partial charge >= 0.3 is 0 Å². The maximum Gasteiger partial charge on any atom is 0.225 e. The number of rotatable bonds is 6. The van der Waals surface area contributed by atoms with Crippen molar-refractivity contribution in [2.45, 2.75) is 58.0 Å². The lowest BCUT2D eigenvalue weighted by atomic mass is 9.88. The van der Waals surface area contributed by atoms with E-state index in [0.717, 1.165) is 56.1 Å². The molecule has 2 N–H and O–H groups in total. The number of likely N-dealkylation sites (tertiary alicyclic amines) is 1. The van der Waals surface area contributed by atoms with E-state index in [1.807, 2.05) is 12.1 Å². The Bertz CT molecular complexity index is 863. The molecule has 0 bridgehead atoms. The van der Waals surface area contributed by atoms with E-state index in [2.05, 4.69) is 44.7 Å². The van der Waals surface area contributed by atoms with Gasteiger partial charge in [-0.1, -0.05) is 31.4 Å². The second kappa shape index (κ2) is 12.2. The van der Waals surface area contributed by atoms with Crippen LogP contribution in [0.1, 0.15) is 51.0 Å². The molecule has 1 amide bonds. The highest BCUT2D eigenvalue weighted by atomic mass is 127. The van der Waals surface area contributed by atoms with Crippen molar-refractivity contribution >= 4 is 35.8 Å². The van der Waals surface area contributed by atoms with Crippen LogP contribution >= 0.6 is 24.0 Å². The molecule has 2 fully saturated rings. The van der Waals surface area contributed by atoms with E-state index in [4.69, 9.17) is 4.99 Å². The highest BCUT2D eigenvalue weighted by molar-refractivity contribution is 14.0. The molecule has 0 spiro atoms. The summed E-state index contributed by atoms with van der Waals surface area (Å²) < 4.78 is 1.74. The Labute approximate surface area is 207 Å². The Balaban J connectivity index is 0.00000289. The Morgan fingerprint density at radius 2 is 1.94 bits per heavy atom. The lowest BCUT2D eigenvalue weighted by Gasteiger charge is -2.26. The molecular weight excluding hydrogens is 517 g/mol. The first-order valence-electron chi connectivity index (χ1n) is 11.5. The number of benzene rings is 1. The number of carbonyl (C=O) groups excluding carboxylic acids is 1. The monoisotopic (exact) mass is 551 g/mol. The zero-order valence-corrected chi connectivity index (χ0v) is 21.1. The van der Waals surface area contributed by atoms with Crippen molar-refractivity contribution in [2.75, 3.05) is 19.6 Å². The molecular formula is C23H34IN7O. The third kappa shape index (κ3) is 6.43. The van der Waals surface area contributed by atoms with E-state index < -0.39 is 0 Å². The smallest absolute Gasteiger partial charge is 0.225 e. The van der Waals surface area contributed by atoms with Gasteiger partial charge in [-0.15, -0.1) is 24.0 Å². The number of carbonyl (C=O) groups is 1. The fraction of sp³-hybridized carbons (Fsp3) is 0.565. The van der Waals surface area contributed by atoms with E-state index in [9.17, 15) is 4.79 Å². The van der Waals surface area contributed by atoms with Crippen LogP contribution in [0.2, 0.25) is 0 Å². The second-order valence-corrected chi connectivity index (χ2v) is 8.45. The molecule has 1 aromatic heterocycles. The Kier molecular flexibility index (Phi) is 9.31. The number of amides is 1. The number of hydrogen-bond donors (Lipinski definition) is 2. The van der Waals surface area contributed by atoms with E-state index in [-0.39, 0.29) is 35.9 Å². The van der Waals surface area contributed by atoms with E-state index in [1.165, 1.54) is 25.6 Å². The van der Waals surface area contributed by atoms with Crippen LogP contribution in [0, 0.1) is 5.92 Å². The Hall–Kier alpha value is -2.17. The Morgan fingerprint density at radius 1 is 1.16 bits per heavy atom. The zero-order chi connectivity index (χ0) is 21.5. The van der Waals surface area contributed by atoms with Crippen LogP contribution in [0.4, 0.5) is 0 Å².